The third kappa shape index (κ3) is 4.85. The van der Waals surface area contributed by atoms with Crippen LogP contribution in [0.15, 0.2) is 30.3 Å². The summed E-state index contributed by atoms with van der Waals surface area (Å²) in [7, 11) is 3.25. The number of aromatic nitrogens is 1. The van der Waals surface area contributed by atoms with E-state index in [0.29, 0.717) is 43.4 Å². The molecule has 3 aromatic rings. The van der Waals surface area contributed by atoms with Gasteiger partial charge in [0.15, 0.2) is 0 Å². The number of piperidine rings is 1. The third-order valence-electron chi connectivity index (χ3n) is 6.01. The van der Waals surface area contributed by atoms with Gasteiger partial charge in [-0.25, -0.2) is 0 Å². The quantitative estimate of drug-likeness (QED) is 0.476. The second-order valence-corrected chi connectivity index (χ2v) is 9.57. The van der Waals surface area contributed by atoms with E-state index in [-0.39, 0.29) is 17.8 Å². The van der Waals surface area contributed by atoms with Crippen LogP contribution in [0.25, 0.3) is 10.2 Å². The molecule has 0 saturated carbocycles. The number of hydrogen-bond donors (Lipinski definition) is 0. The van der Waals surface area contributed by atoms with E-state index in [0.717, 1.165) is 28.6 Å². The van der Waals surface area contributed by atoms with Crippen LogP contribution in [0.5, 0.6) is 11.5 Å². The predicted molar refractivity (Wildman–Crippen MR) is 128 cm³/mol. The summed E-state index contributed by atoms with van der Waals surface area (Å²) in [5, 5.41) is 0. The number of methoxy groups -OCH3 is 2. The lowest BCUT2D eigenvalue weighted by molar-refractivity contribution is -0.149. The number of carbonyl (C=O) groups excluding carboxylic acids is 2. The van der Waals surface area contributed by atoms with Gasteiger partial charge in [0.05, 0.1) is 37.0 Å². The van der Waals surface area contributed by atoms with Crippen molar-refractivity contribution in [1.29, 1.82) is 0 Å². The van der Waals surface area contributed by atoms with Crippen LogP contribution in [-0.4, -0.2) is 55.3 Å². The first-order chi connectivity index (χ1) is 15.9. The fraction of sp³-hybridized carbons (Fsp3) is 0.440. The largest absolute Gasteiger partial charge is 0.497 e. The Morgan fingerprint density at radius 1 is 1.09 bits per heavy atom. The maximum atomic E-state index is 13.6. The molecule has 1 aromatic carbocycles. The number of rotatable bonds is 7. The molecule has 3 heterocycles. The summed E-state index contributed by atoms with van der Waals surface area (Å²) in [5.74, 6) is 0.869. The second-order valence-electron chi connectivity index (χ2n) is 8.29. The van der Waals surface area contributed by atoms with Crippen molar-refractivity contribution < 1.29 is 23.8 Å². The fourth-order valence-corrected chi connectivity index (χ4v) is 5.39. The van der Waals surface area contributed by atoms with Crippen LogP contribution in [0.3, 0.4) is 0 Å². The van der Waals surface area contributed by atoms with E-state index in [9.17, 15) is 9.59 Å². The van der Waals surface area contributed by atoms with Gasteiger partial charge in [-0.1, -0.05) is 0 Å². The van der Waals surface area contributed by atoms with Crippen molar-refractivity contribution in [1.82, 2.24) is 9.47 Å². The molecular weight excluding hydrogens is 440 g/mol. The standard InChI is InChI=1S/C25H30N2O5S/c1-5-32-25(29)18-7-6-8-26(15-18)24(28)22-13-23-21(9-16(2)33-23)27(22)14-17-10-19(30-3)12-20(11-17)31-4/h9-13,18H,5-8,14-15H2,1-4H3. The van der Waals surface area contributed by atoms with Gasteiger partial charge in [0, 0.05) is 30.6 Å². The number of amides is 1. The van der Waals surface area contributed by atoms with Gasteiger partial charge >= 0.3 is 5.97 Å². The highest BCUT2D eigenvalue weighted by atomic mass is 32.1. The van der Waals surface area contributed by atoms with Crippen molar-refractivity contribution >= 4 is 33.4 Å². The molecule has 1 fully saturated rings. The number of fused-ring (bicyclic) bond motifs is 1. The Morgan fingerprint density at radius 3 is 2.48 bits per heavy atom. The molecule has 0 N–H and O–H groups in total. The summed E-state index contributed by atoms with van der Waals surface area (Å²) in [6.45, 7) is 5.76. The summed E-state index contributed by atoms with van der Waals surface area (Å²) in [4.78, 5) is 28.9. The number of aryl methyl sites for hydroxylation is 1. The van der Waals surface area contributed by atoms with Gasteiger partial charge in [-0.15, -0.1) is 11.3 Å². The van der Waals surface area contributed by atoms with Crippen molar-refractivity contribution in [3.8, 4) is 11.5 Å². The number of benzene rings is 1. The first-order valence-electron chi connectivity index (χ1n) is 11.2. The monoisotopic (exact) mass is 470 g/mol. The van der Waals surface area contributed by atoms with Gasteiger partial charge in [0.1, 0.15) is 17.2 Å². The molecule has 2 aromatic heterocycles. The van der Waals surface area contributed by atoms with Gasteiger partial charge in [-0.2, -0.15) is 0 Å². The second kappa shape index (κ2) is 9.87. The maximum absolute atomic E-state index is 13.6. The molecule has 4 rings (SSSR count). The Balaban J connectivity index is 1.67. The maximum Gasteiger partial charge on any atom is 0.310 e. The van der Waals surface area contributed by atoms with Crippen molar-refractivity contribution in [3.63, 3.8) is 0 Å². The lowest BCUT2D eigenvalue weighted by Gasteiger charge is -2.31. The lowest BCUT2D eigenvalue weighted by Crippen LogP contribution is -2.43. The van der Waals surface area contributed by atoms with E-state index >= 15 is 0 Å². The minimum Gasteiger partial charge on any atom is -0.497 e. The van der Waals surface area contributed by atoms with E-state index < -0.39 is 0 Å². The van der Waals surface area contributed by atoms with Gasteiger partial charge in [-0.05, 0) is 56.5 Å². The van der Waals surface area contributed by atoms with Gasteiger partial charge < -0.3 is 23.7 Å². The Bertz CT molecular complexity index is 1140. The number of hydrogen-bond acceptors (Lipinski definition) is 6. The Kier molecular flexibility index (Phi) is 6.93. The van der Waals surface area contributed by atoms with E-state index in [1.807, 2.05) is 24.3 Å². The molecular formula is C25H30N2O5S. The molecule has 33 heavy (non-hydrogen) atoms. The average molecular weight is 471 g/mol. The van der Waals surface area contributed by atoms with E-state index in [1.54, 1.807) is 37.4 Å². The Hall–Kier alpha value is -3.00. The number of likely N-dealkylation sites (tertiary alicyclic amines) is 1. The number of carbonyl (C=O) groups is 2. The zero-order valence-corrected chi connectivity index (χ0v) is 20.4. The molecule has 1 aliphatic rings. The number of nitrogens with zero attached hydrogens (tertiary/aromatic N) is 2. The van der Waals surface area contributed by atoms with Crippen LogP contribution < -0.4 is 9.47 Å². The first kappa shape index (κ1) is 23.2. The number of thiophene rings is 1. The predicted octanol–water partition coefficient (Wildman–Crippen LogP) is 4.49. The Morgan fingerprint density at radius 2 is 1.82 bits per heavy atom. The molecule has 1 aliphatic heterocycles. The van der Waals surface area contributed by atoms with Crippen LogP contribution in [0, 0.1) is 12.8 Å². The first-order valence-corrected chi connectivity index (χ1v) is 12.0. The van der Waals surface area contributed by atoms with Crippen molar-refractivity contribution in [2.45, 2.75) is 33.2 Å². The van der Waals surface area contributed by atoms with Crippen LogP contribution in [-0.2, 0) is 16.1 Å². The summed E-state index contributed by atoms with van der Waals surface area (Å²) in [6, 6.07) is 9.84. The van der Waals surface area contributed by atoms with Crippen molar-refractivity contribution in [2.24, 2.45) is 5.92 Å². The molecule has 0 aliphatic carbocycles. The minimum absolute atomic E-state index is 0.0556. The summed E-state index contributed by atoms with van der Waals surface area (Å²) < 4.78 is 19.2. The number of ether oxygens (including phenoxy) is 3. The van der Waals surface area contributed by atoms with Gasteiger partial charge in [0.2, 0.25) is 0 Å². The lowest BCUT2D eigenvalue weighted by atomic mass is 9.98. The molecule has 1 unspecified atom stereocenters. The van der Waals surface area contributed by atoms with Gasteiger partial charge in [-0.3, -0.25) is 9.59 Å². The van der Waals surface area contributed by atoms with Crippen LogP contribution in [0.2, 0.25) is 0 Å². The fourth-order valence-electron chi connectivity index (χ4n) is 4.43. The molecule has 1 saturated heterocycles. The topological polar surface area (TPSA) is 70.0 Å². The molecule has 8 heteroatoms. The summed E-state index contributed by atoms with van der Waals surface area (Å²) >= 11 is 1.67. The highest BCUT2D eigenvalue weighted by Crippen LogP contribution is 2.32. The van der Waals surface area contributed by atoms with E-state index in [4.69, 9.17) is 14.2 Å². The van der Waals surface area contributed by atoms with Gasteiger partial charge in [0.25, 0.3) is 5.91 Å². The van der Waals surface area contributed by atoms with Crippen LogP contribution in [0.1, 0.15) is 40.7 Å². The van der Waals surface area contributed by atoms with Crippen molar-refractivity contribution in [3.05, 3.63) is 46.5 Å². The average Bonchev–Trinajstić information content (AvgIpc) is 3.35. The molecule has 1 amide bonds. The molecule has 1 atom stereocenters. The van der Waals surface area contributed by atoms with Crippen LogP contribution >= 0.6 is 11.3 Å². The van der Waals surface area contributed by atoms with E-state index in [1.165, 1.54) is 4.88 Å². The highest BCUT2D eigenvalue weighted by molar-refractivity contribution is 7.19. The SMILES string of the molecule is CCOC(=O)C1CCCN(C(=O)c2cc3sc(C)cc3n2Cc2cc(OC)cc(OC)c2)C1. The molecule has 0 spiro atoms. The van der Waals surface area contributed by atoms with E-state index in [2.05, 4.69) is 17.6 Å². The smallest absolute Gasteiger partial charge is 0.310 e. The number of esters is 1. The zero-order chi connectivity index (χ0) is 23.5. The zero-order valence-electron chi connectivity index (χ0n) is 19.6. The third-order valence-corrected chi connectivity index (χ3v) is 7.00. The molecule has 0 bridgehead atoms. The molecule has 0 radical (unpaired) electrons. The Labute approximate surface area is 197 Å². The summed E-state index contributed by atoms with van der Waals surface area (Å²) in [6.07, 6.45) is 1.54. The highest BCUT2D eigenvalue weighted by Gasteiger charge is 2.31. The normalized spacial score (nSPS) is 16.1. The van der Waals surface area contributed by atoms with Crippen LogP contribution in [0.4, 0.5) is 0 Å². The molecule has 7 nitrogen and oxygen atoms in total. The van der Waals surface area contributed by atoms with Crippen molar-refractivity contribution in [2.75, 3.05) is 33.9 Å². The minimum atomic E-state index is -0.267. The summed E-state index contributed by atoms with van der Waals surface area (Å²) in [5.41, 5.74) is 2.63. The molecule has 176 valence electrons.